The Balaban J connectivity index is 2.10. The van der Waals surface area contributed by atoms with Crippen molar-refractivity contribution in [2.24, 2.45) is 0 Å². The van der Waals surface area contributed by atoms with Crippen molar-refractivity contribution in [3.63, 3.8) is 0 Å². The van der Waals surface area contributed by atoms with Crippen molar-refractivity contribution in [1.29, 1.82) is 0 Å². The minimum absolute atomic E-state index is 0.141. The second kappa shape index (κ2) is 20.2. The first-order valence-corrected chi connectivity index (χ1v) is 16.5. The normalized spacial score (nSPS) is 11.3. The van der Waals surface area contributed by atoms with Crippen LogP contribution in [0.25, 0.3) is 0 Å². The molecule has 1 rings (SSSR count). The Labute approximate surface area is 210 Å². The van der Waals surface area contributed by atoms with Crippen molar-refractivity contribution < 1.29 is 32.2 Å². The van der Waals surface area contributed by atoms with E-state index in [0.717, 1.165) is 19.3 Å². The predicted molar refractivity (Wildman–Crippen MR) is 127 cm³/mol. The molecule has 0 aliphatic heterocycles. The SMILES string of the molecule is CCCCCCCCCCCCCCCCC[CH2][Sn-][c]1c(F)c(F)c(F)c(F)c1SOOO. The van der Waals surface area contributed by atoms with E-state index in [1.54, 1.807) is 0 Å². The van der Waals surface area contributed by atoms with E-state index in [1.165, 1.54) is 83.5 Å². The van der Waals surface area contributed by atoms with Crippen LogP contribution in [0.15, 0.2) is 4.90 Å². The molecule has 1 aromatic carbocycles. The summed E-state index contributed by atoms with van der Waals surface area (Å²) < 4.78 is 59.8. The second-order valence-electron chi connectivity index (χ2n) is 8.42. The second-order valence-corrected chi connectivity index (χ2v) is 13.0. The van der Waals surface area contributed by atoms with Crippen LogP contribution in [0, 0.1) is 23.3 Å². The topological polar surface area (TPSA) is 38.7 Å². The molecule has 0 saturated heterocycles. The molecule has 191 valence electrons. The maximum atomic E-state index is 14.1. The van der Waals surface area contributed by atoms with E-state index in [-0.39, 0.29) is 15.6 Å². The molecule has 0 bridgehead atoms. The molecule has 33 heavy (non-hydrogen) atoms. The Hall–Kier alpha value is -0.0313. The van der Waals surface area contributed by atoms with E-state index in [0.29, 0.717) is 4.44 Å². The van der Waals surface area contributed by atoms with Gasteiger partial charge in [0.25, 0.3) is 0 Å². The van der Waals surface area contributed by atoms with Gasteiger partial charge in [-0.25, -0.2) is 0 Å². The molecule has 0 aromatic heterocycles. The standard InChI is InChI=1S/C18H37.C6HF4O3S.Sn/c1-3-5-7-9-11-13-15-17-18-16-14-12-10-8-6-4-2;7-2-1-3(14-13-12-11)5(9)6(10)4(2)8;/h1,3-18H2,2H3;11H;/q;;-1. The van der Waals surface area contributed by atoms with Crippen molar-refractivity contribution in [3.8, 4) is 0 Å². The Morgan fingerprint density at radius 1 is 0.636 bits per heavy atom. The fourth-order valence-electron chi connectivity index (χ4n) is 3.78. The molecule has 0 spiro atoms. The van der Waals surface area contributed by atoms with Gasteiger partial charge in [0.2, 0.25) is 0 Å². The van der Waals surface area contributed by atoms with E-state index in [9.17, 15) is 17.6 Å². The molecule has 0 unspecified atom stereocenters. The van der Waals surface area contributed by atoms with E-state index in [4.69, 9.17) is 5.26 Å². The van der Waals surface area contributed by atoms with Crippen molar-refractivity contribution in [1.82, 2.24) is 0 Å². The third kappa shape index (κ3) is 13.0. The summed E-state index contributed by atoms with van der Waals surface area (Å²) >= 11 is -1.55. The molecule has 0 fully saturated rings. The summed E-state index contributed by atoms with van der Waals surface area (Å²) in [5.74, 6) is -6.56. The van der Waals surface area contributed by atoms with E-state index >= 15 is 0 Å². The van der Waals surface area contributed by atoms with E-state index in [2.05, 4.69) is 16.3 Å². The molecule has 0 amide bonds. The zero-order chi connectivity index (χ0) is 24.3. The van der Waals surface area contributed by atoms with E-state index < -0.39 is 49.3 Å². The molecular weight excluding hydrogens is 563 g/mol. The Bertz CT molecular complexity index is 653. The van der Waals surface area contributed by atoms with Gasteiger partial charge < -0.3 is 0 Å². The van der Waals surface area contributed by atoms with Crippen molar-refractivity contribution in [2.75, 3.05) is 0 Å². The monoisotopic (exact) mass is 602 g/mol. The van der Waals surface area contributed by atoms with Crippen molar-refractivity contribution in [2.45, 2.75) is 119 Å². The fraction of sp³-hybridized carbons (Fsp3) is 0.750. The fourth-order valence-corrected chi connectivity index (χ4v) is 8.52. The predicted octanol–water partition coefficient (Wildman–Crippen LogP) is 8.68. The first-order valence-electron chi connectivity index (χ1n) is 12.3. The summed E-state index contributed by atoms with van der Waals surface area (Å²) in [4.78, 5) is -0.483. The van der Waals surface area contributed by atoms with Gasteiger partial charge in [0.15, 0.2) is 0 Å². The molecule has 0 aliphatic carbocycles. The molecule has 1 N–H and O–H groups in total. The van der Waals surface area contributed by atoms with Crippen LogP contribution in [0.2, 0.25) is 4.44 Å². The summed E-state index contributed by atoms with van der Waals surface area (Å²) in [6, 6.07) is 0. The van der Waals surface area contributed by atoms with Crippen LogP contribution >= 0.6 is 12.0 Å². The molecule has 0 saturated carbocycles. The van der Waals surface area contributed by atoms with Gasteiger partial charge in [-0.05, 0) is 0 Å². The number of rotatable bonds is 21. The van der Waals surface area contributed by atoms with Crippen LogP contribution < -0.4 is 3.58 Å². The average Bonchev–Trinajstić information content (AvgIpc) is 2.82. The summed E-state index contributed by atoms with van der Waals surface area (Å²) in [5, 5.41) is 11.6. The molecule has 1 radical (unpaired) electrons. The minimum atomic E-state index is -1.89. The van der Waals surface area contributed by atoms with Gasteiger partial charge >= 0.3 is 172 Å². The molecule has 3 nitrogen and oxygen atoms in total. The molecular formula is C24H38F4O3SSn-. The average molecular weight is 601 g/mol. The quantitative estimate of drug-likeness (QED) is 0.0224. The maximum absolute atomic E-state index is 14.1. The van der Waals surface area contributed by atoms with Gasteiger partial charge in [-0.1, -0.05) is 39.0 Å². The van der Waals surface area contributed by atoms with Gasteiger partial charge in [-0.2, -0.15) is 0 Å². The zero-order valence-electron chi connectivity index (χ0n) is 19.7. The Morgan fingerprint density at radius 3 is 1.52 bits per heavy atom. The van der Waals surface area contributed by atoms with Gasteiger partial charge in [0, 0.05) is 0 Å². The zero-order valence-corrected chi connectivity index (χ0v) is 23.4. The molecule has 0 aliphatic rings. The van der Waals surface area contributed by atoms with Crippen LogP contribution in [-0.2, 0) is 9.37 Å². The molecule has 0 atom stereocenters. The third-order valence-electron chi connectivity index (χ3n) is 5.70. The first kappa shape index (κ1) is 31.0. The molecule has 1 aromatic rings. The van der Waals surface area contributed by atoms with Crippen LogP contribution in [0.5, 0.6) is 0 Å². The van der Waals surface area contributed by atoms with Crippen molar-refractivity contribution in [3.05, 3.63) is 23.3 Å². The Morgan fingerprint density at radius 2 is 1.06 bits per heavy atom. The van der Waals surface area contributed by atoms with Crippen molar-refractivity contribution >= 4 is 36.8 Å². The summed E-state index contributed by atoms with van der Waals surface area (Å²) in [5.41, 5.74) is 0. The summed E-state index contributed by atoms with van der Waals surface area (Å²) in [6.45, 7) is 2.25. The number of halogens is 4. The van der Waals surface area contributed by atoms with Gasteiger partial charge in [0.1, 0.15) is 0 Å². The summed E-state index contributed by atoms with van der Waals surface area (Å²) in [7, 11) is 0. The molecule has 0 heterocycles. The number of hydrogen-bond acceptors (Lipinski definition) is 4. The first-order chi connectivity index (χ1) is 16.0. The number of hydrogen-bond donors (Lipinski definition) is 1. The number of unbranched alkanes of at least 4 members (excludes halogenated alkanes) is 15. The van der Waals surface area contributed by atoms with Gasteiger partial charge in [0.05, 0.1) is 0 Å². The van der Waals surface area contributed by atoms with Crippen LogP contribution in [-0.4, -0.2) is 26.4 Å². The van der Waals surface area contributed by atoms with E-state index in [1.807, 2.05) is 0 Å². The van der Waals surface area contributed by atoms with Gasteiger partial charge in [-0.15, -0.1) is 0 Å². The summed E-state index contributed by atoms with van der Waals surface area (Å²) in [6.07, 6.45) is 20.1. The van der Waals surface area contributed by atoms with Crippen LogP contribution in [0.1, 0.15) is 110 Å². The Kier molecular flexibility index (Phi) is 19.0. The number of benzene rings is 1. The van der Waals surface area contributed by atoms with Crippen LogP contribution in [0.3, 0.4) is 0 Å². The molecule has 9 heteroatoms. The van der Waals surface area contributed by atoms with Gasteiger partial charge in [-0.3, -0.25) is 0 Å². The third-order valence-corrected chi connectivity index (χ3v) is 11.0. The van der Waals surface area contributed by atoms with Crippen LogP contribution in [0.4, 0.5) is 17.6 Å².